The number of likely N-dealkylation sites (N-methyl/N-ethyl adjacent to an activating group) is 1. The van der Waals surface area contributed by atoms with Gasteiger partial charge < -0.3 is 18.8 Å². The Bertz CT molecular complexity index is 781. The summed E-state index contributed by atoms with van der Waals surface area (Å²) in [6.45, 7) is 2.53. The van der Waals surface area contributed by atoms with E-state index in [0.29, 0.717) is 18.9 Å². The van der Waals surface area contributed by atoms with Crippen molar-refractivity contribution in [2.45, 2.75) is 19.4 Å². The van der Waals surface area contributed by atoms with Crippen LogP contribution in [0.1, 0.15) is 22.3 Å². The molecule has 1 unspecified atom stereocenters. The van der Waals surface area contributed by atoms with Crippen LogP contribution in [0.2, 0.25) is 0 Å². The number of aryl methyl sites for hydroxylation is 1. The topological polar surface area (TPSA) is 69.0 Å². The third-order valence-electron chi connectivity index (χ3n) is 3.99. The van der Waals surface area contributed by atoms with E-state index in [1.165, 1.54) is 17.2 Å². The fraction of sp³-hybridized carbons (Fsp3) is 0.412. The first kappa shape index (κ1) is 16.7. The molecule has 128 valence electrons. The summed E-state index contributed by atoms with van der Waals surface area (Å²) in [4.78, 5) is 26.9. The van der Waals surface area contributed by atoms with Gasteiger partial charge in [0.2, 0.25) is 11.2 Å². The van der Waals surface area contributed by atoms with E-state index in [4.69, 9.17) is 13.9 Å². The second-order valence-corrected chi connectivity index (χ2v) is 6.64. The van der Waals surface area contributed by atoms with Gasteiger partial charge in [-0.1, -0.05) is 0 Å². The molecule has 0 aromatic carbocycles. The molecule has 0 saturated carbocycles. The third-order valence-corrected chi connectivity index (χ3v) is 4.98. The van der Waals surface area contributed by atoms with Crippen molar-refractivity contribution >= 4 is 17.2 Å². The Morgan fingerprint density at radius 2 is 2.29 bits per heavy atom. The van der Waals surface area contributed by atoms with Gasteiger partial charge in [0.1, 0.15) is 11.9 Å². The van der Waals surface area contributed by atoms with Crippen molar-refractivity contribution in [2.24, 2.45) is 0 Å². The number of nitrogens with zero attached hydrogens (tertiary/aromatic N) is 1. The fourth-order valence-electron chi connectivity index (χ4n) is 2.64. The molecule has 0 saturated heterocycles. The van der Waals surface area contributed by atoms with E-state index >= 15 is 0 Å². The van der Waals surface area contributed by atoms with Crippen LogP contribution in [-0.2, 0) is 16.0 Å². The Labute approximate surface area is 143 Å². The number of carbonyl (C=O) groups is 1. The van der Waals surface area contributed by atoms with Crippen LogP contribution in [0, 0.1) is 6.92 Å². The highest BCUT2D eigenvalue weighted by atomic mass is 32.1. The van der Waals surface area contributed by atoms with Crippen molar-refractivity contribution in [1.82, 2.24) is 4.90 Å². The standard InChI is InChI=1S/C17H19NO5S/c1-11-17(13(19)3-6-21-11)23-10-16(20)18(2)9-14-12-5-8-24-15(12)4-7-22-14/h3,5-6,8,14H,4,7,9-10H2,1-2H3. The third kappa shape index (κ3) is 3.52. The lowest BCUT2D eigenvalue weighted by Crippen LogP contribution is -2.36. The highest BCUT2D eigenvalue weighted by Gasteiger charge is 2.25. The monoisotopic (exact) mass is 349 g/mol. The van der Waals surface area contributed by atoms with Gasteiger partial charge in [-0.25, -0.2) is 0 Å². The zero-order valence-electron chi connectivity index (χ0n) is 13.6. The minimum atomic E-state index is -0.298. The molecule has 0 bridgehead atoms. The molecule has 3 rings (SSSR count). The molecule has 0 N–H and O–H groups in total. The van der Waals surface area contributed by atoms with E-state index < -0.39 is 0 Å². The van der Waals surface area contributed by atoms with Crippen LogP contribution in [0.25, 0.3) is 0 Å². The molecule has 2 aromatic rings. The number of hydrogen-bond donors (Lipinski definition) is 0. The second-order valence-electron chi connectivity index (χ2n) is 5.64. The number of fused-ring (bicyclic) bond motifs is 1. The minimum Gasteiger partial charge on any atom is -0.476 e. The Hall–Kier alpha value is -2.12. The molecule has 1 atom stereocenters. The van der Waals surface area contributed by atoms with Crippen molar-refractivity contribution in [1.29, 1.82) is 0 Å². The van der Waals surface area contributed by atoms with E-state index in [2.05, 4.69) is 11.4 Å². The zero-order valence-corrected chi connectivity index (χ0v) is 14.4. The van der Waals surface area contributed by atoms with Crippen LogP contribution in [0.4, 0.5) is 0 Å². The van der Waals surface area contributed by atoms with Crippen LogP contribution in [0.15, 0.2) is 33.0 Å². The van der Waals surface area contributed by atoms with Crippen molar-refractivity contribution in [3.05, 3.63) is 50.2 Å². The van der Waals surface area contributed by atoms with Gasteiger partial charge in [0, 0.05) is 24.4 Å². The van der Waals surface area contributed by atoms with Gasteiger partial charge in [-0.3, -0.25) is 9.59 Å². The predicted molar refractivity (Wildman–Crippen MR) is 89.6 cm³/mol. The summed E-state index contributed by atoms with van der Waals surface area (Å²) in [5.74, 6) is 0.216. The molecule has 0 spiro atoms. The highest BCUT2D eigenvalue weighted by molar-refractivity contribution is 7.10. The summed E-state index contributed by atoms with van der Waals surface area (Å²) >= 11 is 1.72. The molecule has 2 aromatic heterocycles. The normalized spacial score (nSPS) is 16.5. The molecular weight excluding hydrogens is 330 g/mol. The van der Waals surface area contributed by atoms with E-state index in [1.54, 1.807) is 30.2 Å². The molecule has 1 amide bonds. The second kappa shape index (κ2) is 7.19. The van der Waals surface area contributed by atoms with Gasteiger partial charge in [-0.05, 0) is 23.9 Å². The van der Waals surface area contributed by atoms with Crippen molar-refractivity contribution in [3.63, 3.8) is 0 Å². The average Bonchev–Trinajstić information content (AvgIpc) is 3.04. The molecular formula is C17H19NO5S. The molecule has 0 aliphatic carbocycles. The Kier molecular flexibility index (Phi) is 5.01. The number of hydrogen-bond acceptors (Lipinski definition) is 6. The summed E-state index contributed by atoms with van der Waals surface area (Å²) < 4.78 is 16.3. The van der Waals surface area contributed by atoms with Crippen molar-refractivity contribution in [2.75, 3.05) is 26.8 Å². The van der Waals surface area contributed by atoms with E-state index in [1.807, 2.05) is 0 Å². The molecule has 0 radical (unpaired) electrons. The zero-order chi connectivity index (χ0) is 17.1. The van der Waals surface area contributed by atoms with Crippen molar-refractivity contribution in [3.8, 4) is 5.75 Å². The Morgan fingerprint density at radius 1 is 1.46 bits per heavy atom. The summed E-state index contributed by atoms with van der Waals surface area (Å²) in [6, 6.07) is 3.32. The van der Waals surface area contributed by atoms with Gasteiger partial charge >= 0.3 is 0 Å². The average molecular weight is 349 g/mol. The van der Waals surface area contributed by atoms with Crippen LogP contribution in [-0.4, -0.2) is 37.6 Å². The molecule has 6 nitrogen and oxygen atoms in total. The van der Waals surface area contributed by atoms with E-state index in [0.717, 1.165) is 12.0 Å². The summed E-state index contributed by atoms with van der Waals surface area (Å²) in [5.41, 5.74) is 0.860. The highest BCUT2D eigenvalue weighted by Crippen LogP contribution is 2.31. The van der Waals surface area contributed by atoms with Crippen molar-refractivity contribution < 1.29 is 18.7 Å². The Balaban J connectivity index is 1.59. The molecule has 1 aliphatic rings. The lowest BCUT2D eigenvalue weighted by molar-refractivity contribution is -0.134. The lowest BCUT2D eigenvalue weighted by Gasteiger charge is -2.28. The maximum Gasteiger partial charge on any atom is 0.260 e. The summed E-state index contributed by atoms with van der Waals surface area (Å²) in [5, 5.41) is 2.05. The quantitative estimate of drug-likeness (QED) is 0.827. The van der Waals surface area contributed by atoms with Gasteiger partial charge in [0.25, 0.3) is 5.91 Å². The number of ether oxygens (including phenoxy) is 2. The Morgan fingerprint density at radius 3 is 3.08 bits per heavy atom. The fourth-order valence-corrected chi connectivity index (χ4v) is 3.56. The first-order valence-electron chi connectivity index (χ1n) is 7.69. The number of carbonyl (C=O) groups excluding carboxylic acids is 1. The number of amides is 1. The van der Waals surface area contributed by atoms with Gasteiger partial charge in [0.15, 0.2) is 6.61 Å². The summed E-state index contributed by atoms with van der Waals surface area (Å²) in [7, 11) is 1.70. The first-order valence-corrected chi connectivity index (χ1v) is 8.57. The van der Waals surface area contributed by atoms with Crippen LogP contribution < -0.4 is 10.2 Å². The van der Waals surface area contributed by atoms with Gasteiger partial charge in [-0.15, -0.1) is 11.3 Å². The van der Waals surface area contributed by atoms with Crippen LogP contribution in [0.5, 0.6) is 5.75 Å². The van der Waals surface area contributed by atoms with E-state index in [9.17, 15) is 9.59 Å². The smallest absolute Gasteiger partial charge is 0.260 e. The lowest BCUT2D eigenvalue weighted by atomic mass is 10.1. The number of thiophene rings is 1. The molecule has 7 heteroatoms. The van der Waals surface area contributed by atoms with Crippen LogP contribution in [0.3, 0.4) is 0 Å². The molecule has 24 heavy (non-hydrogen) atoms. The SMILES string of the molecule is Cc1occc(=O)c1OCC(=O)N(C)CC1OCCc2sccc21. The maximum absolute atomic E-state index is 12.3. The molecule has 3 heterocycles. The largest absolute Gasteiger partial charge is 0.476 e. The van der Waals surface area contributed by atoms with Crippen LogP contribution >= 0.6 is 11.3 Å². The predicted octanol–water partition coefficient (Wildman–Crippen LogP) is 2.16. The summed E-state index contributed by atoms with van der Waals surface area (Å²) in [6.07, 6.45) is 2.11. The van der Waals surface area contributed by atoms with Gasteiger partial charge in [0.05, 0.1) is 19.4 Å². The maximum atomic E-state index is 12.3. The first-order chi connectivity index (χ1) is 11.6. The van der Waals surface area contributed by atoms with E-state index in [-0.39, 0.29) is 29.8 Å². The minimum absolute atomic E-state index is 0.0771. The number of rotatable bonds is 5. The molecule has 0 fully saturated rings. The molecule has 1 aliphatic heterocycles. The van der Waals surface area contributed by atoms with Gasteiger partial charge in [-0.2, -0.15) is 0 Å².